The Hall–Kier alpha value is -2.86. The van der Waals surface area contributed by atoms with E-state index in [-0.39, 0.29) is 11.7 Å². The third-order valence-corrected chi connectivity index (χ3v) is 7.59. The Kier molecular flexibility index (Phi) is 7.22. The summed E-state index contributed by atoms with van der Waals surface area (Å²) in [4.78, 5) is 17.8. The van der Waals surface area contributed by atoms with Crippen LogP contribution in [0.3, 0.4) is 0 Å². The zero-order valence-electron chi connectivity index (χ0n) is 19.2. The van der Waals surface area contributed by atoms with Crippen molar-refractivity contribution in [1.82, 2.24) is 19.9 Å². The lowest BCUT2D eigenvalue weighted by Gasteiger charge is -2.26. The maximum atomic E-state index is 12.3. The normalized spacial score (nSPS) is 19.1. The summed E-state index contributed by atoms with van der Waals surface area (Å²) in [5, 5.41) is 3.38. The fourth-order valence-corrected chi connectivity index (χ4v) is 5.38. The van der Waals surface area contributed by atoms with Crippen LogP contribution in [0.4, 0.5) is 19.1 Å². The molecule has 1 aliphatic rings. The molecule has 1 fully saturated rings. The Morgan fingerprint density at radius 2 is 1.83 bits per heavy atom. The molecule has 0 unspecified atom stereocenters. The van der Waals surface area contributed by atoms with Crippen molar-refractivity contribution in [3.05, 3.63) is 41.9 Å². The number of fused-ring (bicyclic) bond motifs is 1. The molecule has 1 aliphatic carbocycles. The summed E-state index contributed by atoms with van der Waals surface area (Å²) < 4.78 is 61.0. The molecule has 3 heterocycles. The van der Waals surface area contributed by atoms with Crippen molar-refractivity contribution in [3.8, 4) is 11.3 Å². The van der Waals surface area contributed by atoms with Gasteiger partial charge in [0.1, 0.15) is 5.52 Å². The first-order valence-electron chi connectivity index (χ1n) is 11.4. The van der Waals surface area contributed by atoms with Gasteiger partial charge < -0.3 is 11.1 Å². The number of rotatable bonds is 7. The van der Waals surface area contributed by atoms with E-state index in [1.807, 2.05) is 13.0 Å². The molecule has 3 aromatic heterocycles. The third kappa shape index (κ3) is 6.85. The SMILES string of the molecule is Cc1cc(-c2ccc(CS(=O)(=O)CCC(F)(F)F)nc2)nc2cnc(NC3CCC(N)CC3)nc12. The first-order valence-corrected chi connectivity index (χ1v) is 13.2. The first-order chi connectivity index (χ1) is 16.5. The van der Waals surface area contributed by atoms with E-state index in [4.69, 9.17) is 5.73 Å². The Bertz CT molecular complexity index is 1290. The second-order valence-corrected chi connectivity index (χ2v) is 11.2. The average molecular weight is 509 g/mol. The van der Waals surface area contributed by atoms with Gasteiger partial charge in [-0.1, -0.05) is 0 Å². The molecule has 3 N–H and O–H groups in total. The minimum atomic E-state index is -4.52. The monoisotopic (exact) mass is 508 g/mol. The van der Waals surface area contributed by atoms with Crippen molar-refractivity contribution in [3.63, 3.8) is 0 Å². The van der Waals surface area contributed by atoms with Gasteiger partial charge in [0.2, 0.25) is 5.95 Å². The van der Waals surface area contributed by atoms with Gasteiger partial charge in [-0.2, -0.15) is 13.2 Å². The minimum absolute atomic E-state index is 0.177. The Morgan fingerprint density at radius 3 is 2.49 bits per heavy atom. The van der Waals surface area contributed by atoms with Gasteiger partial charge in [-0.05, 0) is 56.4 Å². The lowest BCUT2D eigenvalue weighted by Crippen LogP contribution is -2.33. The molecule has 0 atom stereocenters. The number of aryl methyl sites for hydroxylation is 1. The second-order valence-electron chi connectivity index (χ2n) is 9.00. The van der Waals surface area contributed by atoms with E-state index in [1.54, 1.807) is 12.3 Å². The van der Waals surface area contributed by atoms with Gasteiger partial charge in [0.05, 0.1) is 41.0 Å². The van der Waals surface area contributed by atoms with Crippen molar-refractivity contribution in [2.24, 2.45) is 5.73 Å². The molecular formula is C23H27F3N6O2S. The van der Waals surface area contributed by atoms with E-state index in [2.05, 4.69) is 25.3 Å². The number of halogens is 3. The van der Waals surface area contributed by atoms with Gasteiger partial charge in [0.15, 0.2) is 9.84 Å². The van der Waals surface area contributed by atoms with Crippen LogP contribution in [0.15, 0.2) is 30.6 Å². The number of sulfone groups is 1. The molecule has 0 aliphatic heterocycles. The molecule has 0 saturated heterocycles. The van der Waals surface area contributed by atoms with E-state index in [0.29, 0.717) is 28.8 Å². The highest BCUT2D eigenvalue weighted by Gasteiger charge is 2.30. The number of pyridine rings is 2. The van der Waals surface area contributed by atoms with Crippen LogP contribution < -0.4 is 11.1 Å². The molecule has 8 nitrogen and oxygen atoms in total. The molecule has 0 spiro atoms. The molecular weight excluding hydrogens is 481 g/mol. The topological polar surface area (TPSA) is 124 Å². The lowest BCUT2D eigenvalue weighted by molar-refractivity contribution is -0.129. The van der Waals surface area contributed by atoms with Gasteiger partial charge >= 0.3 is 6.18 Å². The fourth-order valence-electron chi connectivity index (χ4n) is 4.08. The van der Waals surface area contributed by atoms with Crippen molar-refractivity contribution in [2.75, 3.05) is 11.1 Å². The number of aromatic nitrogens is 4. The summed E-state index contributed by atoms with van der Waals surface area (Å²) in [7, 11) is -3.93. The smallest absolute Gasteiger partial charge is 0.351 e. The van der Waals surface area contributed by atoms with Crippen LogP contribution in [0.25, 0.3) is 22.3 Å². The molecule has 3 aromatic rings. The summed E-state index contributed by atoms with van der Waals surface area (Å²) in [6.45, 7) is 1.92. The van der Waals surface area contributed by atoms with Crippen LogP contribution in [0.2, 0.25) is 0 Å². The lowest BCUT2D eigenvalue weighted by atomic mass is 9.92. The van der Waals surface area contributed by atoms with Gasteiger partial charge in [-0.15, -0.1) is 0 Å². The number of nitrogens with one attached hydrogen (secondary N) is 1. The molecule has 0 radical (unpaired) electrons. The molecule has 12 heteroatoms. The quantitative estimate of drug-likeness (QED) is 0.492. The van der Waals surface area contributed by atoms with Gasteiger partial charge in [0.25, 0.3) is 0 Å². The Morgan fingerprint density at radius 1 is 1.09 bits per heavy atom. The molecule has 4 rings (SSSR count). The summed E-state index contributed by atoms with van der Waals surface area (Å²) in [6, 6.07) is 5.55. The van der Waals surface area contributed by atoms with Crippen LogP contribution in [0.5, 0.6) is 0 Å². The van der Waals surface area contributed by atoms with Gasteiger partial charge in [-0.25, -0.2) is 23.4 Å². The number of alkyl halides is 3. The van der Waals surface area contributed by atoms with E-state index >= 15 is 0 Å². The predicted molar refractivity (Wildman–Crippen MR) is 127 cm³/mol. The number of anilines is 1. The largest absolute Gasteiger partial charge is 0.390 e. The van der Waals surface area contributed by atoms with E-state index < -0.39 is 33.9 Å². The predicted octanol–water partition coefficient (Wildman–Crippen LogP) is 3.94. The van der Waals surface area contributed by atoms with Crippen molar-refractivity contribution < 1.29 is 21.6 Å². The molecule has 0 aromatic carbocycles. The number of hydrogen-bond acceptors (Lipinski definition) is 8. The molecule has 188 valence electrons. The molecule has 0 bridgehead atoms. The van der Waals surface area contributed by atoms with Crippen LogP contribution >= 0.6 is 0 Å². The average Bonchev–Trinajstić information content (AvgIpc) is 2.79. The number of nitrogens with zero attached hydrogens (tertiary/aromatic N) is 4. The molecule has 1 saturated carbocycles. The number of hydrogen-bond donors (Lipinski definition) is 2. The van der Waals surface area contributed by atoms with Crippen LogP contribution in [-0.2, 0) is 15.6 Å². The summed E-state index contributed by atoms with van der Waals surface area (Å²) >= 11 is 0. The highest BCUT2D eigenvalue weighted by molar-refractivity contribution is 7.90. The minimum Gasteiger partial charge on any atom is -0.351 e. The Balaban J connectivity index is 1.47. The van der Waals surface area contributed by atoms with Crippen LogP contribution in [-0.4, -0.2) is 52.4 Å². The van der Waals surface area contributed by atoms with E-state index in [0.717, 1.165) is 36.8 Å². The highest BCUT2D eigenvalue weighted by Crippen LogP contribution is 2.26. The van der Waals surface area contributed by atoms with Gasteiger partial charge in [-0.3, -0.25) is 4.98 Å². The number of nitrogens with two attached hydrogens (primary N) is 1. The van der Waals surface area contributed by atoms with Crippen LogP contribution in [0, 0.1) is 6.92 Å². The molecule has 0 amide bonds. The summed E-state index contributed by atoms with van der Waals surface area (Å²) in [5.41, 5.74) is 9.62. The maximum Gasteiger partial charge on any atom is 0.390 e. The standard InChI is InChI=1S/C23H27F3N6O2S/c1-14-10-19(15-2-5-18(28-11-15)13-35(33,34)9-8-23(24,25)26)31-20-12-29-22(32-21(14)20)30-17-6-3-16(27)4-7-17/h2,5,10-12,16-17H,3-4,6-9,13,27H2,1H3,(H,29,30,32). The first kappa shape index (κ1) is 25.2. The van der Waals surface area contributed by atoms with E-state index in [1.165, 1.54) is 12.3 Å². The summed E-state index contributed by atoms with van der Waals surface area (Å²) in [6.07, 6.45) is 1.13. The molecule has 35 heavy (non-hydrogen) atoms. The van der Waals surface area contributed by atoms with Crippen molar-refractivity contribution in [1.29, 1.82) is 0 Å². The third-order valence-electron chi connectivity index (χ3n) is 6.03. The maximum absolute atomic E-state index is 12.3. The fraction of sp³-hybridized carbons (Fsp3) is 0.478. The van der Waals surface area contributed by atoms with Crippen molar-refractivity contribution in [2.45, 2.75) is 63.0 Å². The highest BCUT2D eigenvalue weighted by atomic mass is 32.2. The van der Waals surface area contributed by atoms with E-state index in [9.17, 15) is 21.6 Å². The van der Waals surface area contributed by atoms with Gasteiger partial charge in [0, 0.05) is 23.8 Å². The summed E-state index contributed by atoms with van der Waals surface area (Å²) in [5.74, 6) is -0.964. The van der Waals surface area contributed by atoms with Crippen molar-refractivity contribution >= 4 is 26.8 Å². The van der Waals surface area contributed by atoms with Crippen LogP contribution in [0.1, 0.15) is 43.4 Å². The Labute approximate surface area is 201 Å². The second kappa shape index (κ2) is 10.0. The zero-order valence-corrected chi connectivity index (χ0v) is 20.0. The zero-order chi connectivity index (χ0) is 25.2.